The van der Waals surface area contributed by atoms with Crippen LogP contribution in [0.2, 0.25) is 0 Å². The van der Waals surface area contributed by atoms with Crippen LogP contribution >= 0.6 is 0 Å². The van der Waals surface area contributed by atoms with E-state index in [1.165, 1.54) is 0 Å². The molecule has 0 aliphatic carbocycles. The summed E-state index contributed by atoms with van der Waals surface area (Å²) in [6.45, 7) is 5.38. The fraction of sp³-hybridized carbons (Fsp3) is 0.900. The van der Waals surface area contributed by atoms with Gasteiger partial charge >= 0.3 is 6.09 Å². The van der Waals surface area contributed by atoms with Crippen molar-refractivity contribution in [2.24, 2.45) is 0 Å². The zero-order valence-corrected chi connectivity index (χ0v) is 9.77. The Hall–Kier alpha value is -0.910. The van der Waals surface area contributed by atoms with Gasteiger partial charge in [-0.2, -0.15) is 0 Å². The molecule has 1 fully saturated rings. The molecule has 0 saturated carbocycles. The summed E-state index contributed by atoms with van der Waals surface area (Å²) in [4.78, 5) is 11.3. The largest absolute Gasteiger partial charge is 0.444 e. The van der Waals surface area contributed by atoms with Gasteiger partial charge in [0, 0.05) is 19.5 Å². The van der Waals surface area contributed by atoms with Crippen molar-refractivity contribution in [3.8, 4) is 0 Å². The number of nitrogens with one attached hydrogen (secondary N) is 2. The lowest BCUT2D eigenvalue weighted by atomic mass is 10.0. The van der Waals surface area contributed by atoms with Gasteiger partial charge in [0.15, 0.2) is 0 Å². The molecule has 2 N–H and O–H groups in total. The molecule has 1 atom stereocenters. The van der Waals surface area contributed by atoms with Crippen LogP contribution in [-0.4, -0.2) is 36.7 Å². The highest BCUT2D eigenvalue weighted by molar-refractivity contribution is 5.68. The van der Waals surface area contributed by atoms with Crippen molar-refractivity contribution >= 4 is 6.09 Å². The van der Waals surface area contributed by atoms with Crippen molar-refractivity contribution < 1.29 is 18.3 Å². The lowest BCUT2D eigenvalue weighted by Gasteiger charge is -2.32. The Morgan fingerprint density at radius 2 is 2.12 bits per heavy atom. The number of carbonyl (C=O) groups is 1. The van der Waals surface area contributed by atoms with Crippen LogP contribution in [-0.2, 0) is 4.74 Å². The number of alkyl carbamates (subject to hydrolysis) is 1. The Labute approximate surface area is 93.7 Å². The van der Waals surface area contributed by atoms with Crippen molar-refractivity contribution in [3.63, 3.8) is 0 Å². The van der Waals surface area contributed by atoms with Crippen molar-refractivity contribution in [2.45, 2.75) is 44.8 Å². The number of halogens is 2. The Morgan fingerprint density at radius 1 is 1.50 bits per heavy atom. The van der Waals surface area contributed by atoms with E-state index in [9.17, 15) is 13.6 Å². The molecule has 1 aliphatic rings. The third-order valence-corrected chi connectivity index (χ3v) is 2.18. The molecule has 0 spiro atoms. The molecule has 1 amide bonds. The van der Waals surface area contributed by atoms with E-state index in [1.54, 1.807) is 20.8 Å². The van der Waals surface area contributed by atoms with E-state index < -0.39 is 23.7 Å². The van der Waals surface area contributed by atoms with Gasteiger partial charge in [-0.3, -0.25) is 0 Å². The van der Waals surface area contributed by atoms with E-state index in [2.05, 4.69) is 10.6 Å². The van der Waals surface area contributed by atoms with Gasteiger partial charge in [0.1, 0.15) is 11.6 Å². The predicted octanol–water partition coefficient (Wildman–Crippen LogP) is 1.51. The third kappa shape index (κ3) is 3.92. The molecule has 0 aromatic rings. The Balaban J connectivity index is 2.49. The maximum absolute atomic E-state index is 13.4. The van der Waals surface area contributed by atoms with Gasteiger partial charge in [-0.15, -0.1) is 0 Å². The van der Waals surface area contributed by atoms with Gasteiger partial charge in [-0.05, 0) is 20.8 Å². The van der Waals surface area contributed by atoms with Crippen LogP contribution < -0.4 is 10.6 Å². The normalized spacial score (nSPS) is 24.9. The summed E-state index contributed by atoms with van der Waals surface area (Å²) in [5, 5.41) is 5.00. The van der Waals surface area contributed by atoms with Gasteiger partial charge in [-0.1, -0.05) is 0 Å². The van der Waals surface area contributed by atoms with Crippen molar-refractivity contribution in [1.82, 2.24) is 10.6 Å². The first-order valence-corrected chi connectivity index (χ1v) is 5.29. The average molecular weight is 236 g/mol. The fourth-order valence-corrected chi connectivity index (χ4v) is 1.43. The van der Waals surface area contributed by atoms with Gasteiger partial charge in [-0.25, -0.2) is 13.6 Å². The zero-order valence-electron chi connectivity index (χ0n) is 9.77. The quantitative estimate of drug-likeness (QED) is 0.725. The van der Waals surface area contributed by atoms with Crippen LogP contribution in [0.5, 0.6) is 0 Å². The molecule has 94 valence electrons. The average Bonchev–Trinajstić information content (AvgIpc) is 2.05. The molecular weight excluding hydrogens is 218 g/mol. The van der Waals surface area contributed by atoms with E-state index in [4.69, 9.17) is 4.74 Å². The number of carbonyl (C=O) groups excluding carboxylic acids is 1. The van der Waals surface area contributed by atoms with Crippen molar-refractivity contribution in [1.29, 1.82) is 0 Å². The molecule has 0 aromatic heterocycles. The van der Waals surface area contributed by atoms with Gasteiger partial charge < -0.3 is 15.4 Å². The topological polar surface area (TPSA) is 50.4 Å². The highest BCUT2D eigenvalue weighted by Gasteiger charge is 2.42. The zero-order chi connectivity index (χ0) is 12.4. The molecule has 0 bridgehead atoms. The van der Waals surface area contributed by atoms with Gasteiger partial charge in [0.05, 0.1) is 0 Å². The molecule has 1 rings (SSSR count). The second kappa shape index (κ2) is 4.53. The second-order valence-electron chi connectivity index (χ2n) is 4.91. The first-order chi connectivity index (χ1) is 7.21. The lowest BCUT2D eigenvalue weighted by Crippen LogP contribution is -2.58. The van der Waals surface area contributed by atoms with E-state index >= 15 is 0 Å². The first-order valence-electron chi connectivity index (χ1n) is 5.29. The molecule has 1 aliphatic heterocycles. The Morgan fingerprint density at radius 3 is 2.62 bits per heavy atom. The molecule has 1 heterocycles. The highest BCUT2D eigenvalue weighted by atomic mass is 19.3. The van der Waals surface area contributed by atoms with E-state index in [0.29, 0.717) is 0 Å². The Kier molecular flexibility index (Phi) is 3.72. The minimum atomic E-state index is -2.87. The van der Waals surface area contributed by atoms with E-state index in [0.717, 1.165) is 0 Å². The number of hydrogen-bond acceptors (Lipinski definition) is 3. The van der Waals surface area contributed by atoms with Crippen molar-refractivity contribution in [3.05, 3.63) is 0 Å². The minimum Gasteiger partial charge on any atom is -0.444 e. The first kappa shape index (κ1) is 13.2. The van der Waals surface area contributed by atoms with E-state index in [-0.39, 0.29) is 19.5 Å². The summed E-state index contributed by atoms with van der Waals surface area (Å²) < 4.78 is 31.6. The number of hydrogen-bond donors (Lipinski definition) is 2. The number of piperidine rings is 1. The van der Waals surface area contributed by atoms with Gasteiger partial charge in [0.25, 0.3) is 5.92 Å². The predicted molar refractivity (Wildman–Crippen MR) is 55.6 cm³/mol. The van der Waals surface area contributed by atoms with E-state index in [1.807, 2.05) is 0 Å². The fourth-order valence-electron chi connectivity index (χ4n) is 1.43. The van der Waals surface area contributed by atoms with Crippen LogP contribution in [0.4, 0.5) is 13.6 Å². The van der Waals surface area contributed by atoms with Crippen molar-refractivity contribution in [2.75, 3.05) is 13.1 Å². The molecule has 0 unspecified atom stereocenters. The van der Waals surface area contributed by atoms with Crippen LogP contribution in [0.25, 0.3) is 0 Å². The Bertz CT molecular complexity index is 264. The molecule has 1 saturated heterocycles. The van der Waals surface area contributed by atoms with Crippen LogP contribution in [0.1, 0.15) is 27.2 Å². The van der Waals surface area contributed by atoms with Crippen LogP contribution in [0.3, 0.4) is 0 Å². The monoisotopic (exact) mass is 236 g/mol. The smallest absolute Gasteiger partial charge is 0.408 e. The minimum absolute atomic E-state index is 0.0617. The number of alkyl halides is 2. The second-order valence-corrected chi connectivity index (χ2v) is 4.91. The molecule has 16 heavy (non-hydrogen) atoms. The van der Waals surface area contributed by atoms with Gasteiger partial charge in [0.2, 0.25) is 0 Å². The maximum atomic E-state index is 13.4. The standard InChI is InChI=1S/C10H18F2N2O2/c1-9(2,3)16-8(15)14-7-6-13-5-4-10(7,11)12/h7,13H,4-6H2,1-3H3,(H,14,15)/t7-/m1/s1. The molecule has 6 heteroatoms. The summed E-state index contributed by atoms with van der Waals surface area (Å²) in [6.07, 6.45) is -1.08. The molecule has 0 aromatic carbocycles. The third-order valence-electron chi connectivity index (χ3n) is 2.18. The summed E-state index contributed by atoms with van der Waals surface area (Å²) in [6, 6.07) is -1.20. The summed E-state index contributed by atoms with van der Waals surface area (Å²) in [5.41, 5.74) is -0.679. The van der Waals surface area contributed by atoms with Crippen LogP contribution in [0.15, 0.2) is 0 Å². The SMILES string of the molecule is CC(C)(C)OC(=O)N[C@@H]1CNCCC1(F)F. The number of rotatable bonds is 1. The maximum Gasteiger partial charge on any atom is 0.408 e. The number of amides is 1. The van der Waals surface area contributed by atoms with Crippen LogP contribution in [0, 0.1) is 0 Å². The summed E-state index contributed by atoms with van der Waals surface area (Å²) in [7, 11) is 0. The molecular formula is C10H18F2N2O2. The molecule has 0 radical (unpaired) electrons. The molecule has 4 nitrogen and oxygen atoms in total. The highest BCUT2D eigenvalue weighted by Crippen LogP contribution is 2.25. The lowest BCUT2D eigenvalue weighted by molar-refractivity contribution is -0.0587. The summed E-state index contributed by atoms with van der Waals surface area (Å²) >= 11 is 0. The number of ether oxygens (including phenoxy) is 1. The summed E-state index contributed by atoms with van der Waals surface area (Å²) in [5.74, 6) is -2.87.